The average molecular weight is 642 g/mol. The number of carbonyl (C=O) groups is 1. The lowest BCUT2D eigenvalue weighted by Crippen LogP contribution is -2.30. The molecule has 234 valence electrons. The van der Waals surface area contributed by atoms with Crippen LogP contribution >= 0.6 is 11.6 Å². The second kappa shape index (κ2) is 12.7. The molecule has 9 nitrogen and oxygen atoms in total. The Bertz CT molecular complexity index is 1840. The number of nitrogens with one attached hydrogen (secondary N) is 1. The summed E-state index contributed by atoms with van der Waals surface area (Å²) in [5, 5.41) is 3.79. The number of hydrogen-bond acceptors (Lipinski definition) is 7. The lowest BCUT2D eigenvalue weighted by Gasteiger charge is -2.23. The summed E-state index contributed by atoms with van der Waals surface area (Å²) < 4.78 is 54.9. The highest BCUT2D eigenvalue weighted by atomic mass is 35.5. The number of hydrazine groups is 1. The number of hydrogen-bond donors (Lipinski definition) is 3. The Morgan fingerprint density at radius 2 is 1.80 bits per heavy atom. The van der Waals surface area contributed by atoms with Gasteiger partial charge in [-0.05, 0) is 66.9 Å². The predicted octanol–water partition coefficient (Wildman–Crippen LogP) is 6.16. The summed E-state index contributed by atoms with van der Waals surface area (Å²) in [4.78, 5) is 35.4. The van der Waals surface area contributed by atoms with Gasteiger partial charge in [0, 0.05) is 40.5 Å². The molecule has 0 aliphatic carbocycles. The third kappa shape index (κ3) is 6.99. The number of anilines is 2. The summed E-state index contributed by atoms with van der Waals surface area (Å²) in [6.45, 7) is 1.79. The molecule has 45 heavy (non-hydrogen) atoms. The summed E-state index contributed by atoms with van der Waals surface area (Å²) >= 11 is 6.19. The van der Waals surface area contributed by atoms with E-state index in [1.165, 1.54) is 53.4 Å². The molecule has 5 N–H and O–H groups in total. The molecular formula is C31H28ClF4N7O2. The topological polar surface area (TPSA) is 132 Å². The van der Waals surface area contributed by atoms with Crippen molar-refractivity contribution in [2.75, 3.05) is 10.3 Å². The van der Waals surface area contributed by atoms with Gasteiger partial charge in [-0.1, -0.05) is 24.9 Å². The van der Waals surface area contributed by atoms with E-state index in [0.29, 0.717) is 53.0 Å². The van der Waals surface area contributed by atoms with Crippen molar-refractivity contribution in [1.29, 1.82) is 0 Å². The Labute approximate surface area is 260 Å². The molecule has 0 saturated carbocycles. The zero-order chi connectivity index (χ0) is 32.5. The van der Waals surface area contributed by atoms with Crippen molar-refractivity contribution in [2.24, 2.45) is 17.5 Å². The Morgan fingerprint density at radius 1 is 1.04 bits per heavy atom. The monoisotopic (exact) mass is 641 g/mol. The second-order valence-electron chi connectivity index (χ2n) is 10.7. The molecule has 3 heterocycles. The van der Waals surface area contributed by atoms with Crippen LogP contribution in [-0.4, -0.2) is 26.6 Å². The molecule has 1 aliphatic heterocycles. The standard InChI is InChI=1S/C31H28ClF4N7O2/c1-17-3-2-4-26(18-9-10-39-24(11-18)21-13-20(33)6-7-23(21)41-30(17)45)42-16-40-25(14-29(42)44)22-12-19(32)5-8-27(22)43(38)15-28(37)31(34,35)36/h5-17,26H,2-4,37-38H2,1H3,(H,41,45)/b28-15-. The summed E-state index contributed by atoms with van der Waals surface area (Å²) in [6, 6.07) is 12.5. The number of alkyl halides is 3. The summed E-state index contributed by atoms with van der Waals surface area (Å²) in [5.74, 6) is 4.82. The molecule has 1 aliphatic rings. The number of fused-ring (bicyclic) bond motifs is 4. The molecule has 2 aromatic carbocycles. The minimum absolute atomic E-state index is 0.0687. The number of halogens is 5. The van der Waals surface area contributed by atoms with Crippen LogP contribution in [0.1, 0.15) is 37.8 Å². The van der Waals surface area contributed by atoms with E-state index in [0.717, 1.165) is 0 Å². The van der Waals surface area contributed by atoms with E-state index in [1.54, 1.807) is 25.3 Å². The van der Waals surface area contributed by atoms with E-state index in [2.05, 4.69) is 15.3 Å². The zero-order valence-electron chi connectivity index (χ0n) is 23.9. The molecule has 2 bridgehead atoms. The van der Waals surface area contributed by atoms with Crippen molar-refractivity contribution in [3.63, 3.8) is 0 Å². The Hall–Kier alpha value is -4.75. The fraction of sp³-hybridized carbons (Fsp3) is 0.226. The molecule has 14 heteroatoms. The third-order valence-electron chi connectivity index (χ3n) is 7.54. The smallest absolute Gasteiger partial charge is 0.393 e. The van der Waals surface area contributed by atoms with Crippen molar-refractivity contribution in [3.8, 4) is 22.5 Å². The van der Waals surface area contributed by atoms with E-state index >= 15 is 0 Å². The van der Waals surface area contributed by atoms with Crippen LogP contribution in [0.2, 0.25) is 5.02 Å². The highest BCUT2D eigenvalue weighted by Crippen LogP contribution is 2.35. The van der Waals surface area contributed by atoms with Gasteiger partial charge in [-0.15, -0.1) is 0 Å². The average Bonchev–Trinajstić information content (AvgIpc) is 2.99. The maximum Gasteiger partial charge on any atom is 0.432 e. The number of rotatable bonds is 4. The maximum atomic E-state index is 14.3. The molecule has 0 spiro atoms. The third-order valence-corrected chi connectivity index (χ3v) is 7.77. The Balaban J connectivity index is 1.58. The number of allylic oxidation sites excluding steroid dienone is 1. The first kappa shape index (κ1) is 31.7. The molecule has 0 radical (unpaired) electrons. The first-order valence-electron chi connectivity index (χ1n) is 13.8. The van der Waals surface area contributed by atoms with Crippen LogP contribution in [0.5, 0.6) is 0 Å². The largest absolute Gasteiger partial charge is 0.432 e. The van der Waals surface area contributed by atoms with Crippen LogP contribution in [0.3, 0.4) is 0 Å². The van der Waals surface area contributed by atoms with Crippen LogP contribution < -0.4 is 27.5 Å². The fourth-order valence-corrected chi connectivity index (χ4v) is 5.30. The zero-order valence-corrected chi connectivity index (χ0v) is 24.6. The summed E-state index contributed by atoms with van der Waals surface area (Å²) in [5.41, 5.74) is 5.54. The van der Waals surface area contributed by atoms with Gasteiger partial charge in [-0.3, -0.25) is 24.1 Å². The van der Waals surface area contributed by atoms with Crippen LogP contribution in [0.4, 0.5) is 28.9 Å². The second-order valence-corrected chi connectivity index (χ2v) is 11.1. The van der Waals surface area contributed by atoms with Crippen molar-refractivity contribution < 1.29 is 22.4 Å². The molecule has 1 amide bonds. The highest BCUT2D eigenvalue weighted by Gasteiger charge is 2.32. The van der Waals surface area contributed by atoms with E-state index in [4.69, 9.17) is 23.2 Å². The van der Waals surface area contributed by atoms with Gasteiger partial charge in [0.1, 0.15) is 11.5 Å². The highest BCUT2D eigenvalue weighted by molar-refractivity contribution is 6.31. The minimum Gasteiger partial charge on any atom is -0.393 e. The van der Waals surface area contributed by atoms with E-state index < -0.39 is 29.3 Å². The van der Waals surface area contributed by atoms with E-state index in [9.17, 15) is 27.2 Å². The number of pyridine rings is 1. The number of nitrogens with zero attached hydrogens (tertiary/aromatic N) is 4. The van der Waals surface area contributed by atoms with Gasteiger partial charge in [-0.25, -0.2) is 15.2 Å². The Morgan fingerprint density at radius 3 is 2.53 bits per heavy atom. The van der Waals surface area contributed by atoms with Crippen LogP contribution in [0.15, 0.2) is 83.8 Å². The molecule has 4 aromatic rings. The van der Waals surface area contributed by atoms with E-state index in [1.807, 2.05) is 0 Å². The van der Waals surface area contributed by atoms with Crippen molar-refractivity contribution in [3.05, 3.63) is 106 Å². The molecule has 5 rings (SSSR count). The van der Waals surface area contributed by atoms with Gasteiger partial charge < -0.3 is 11.1 Å². The molecule has 0 fully saturated rings. The molecule has 2 atom stereocenters. The van der Waals surface area contributed by atoms with Gasteiger partial charge in [0.2, 0.25) is 5.91 Å². The van der Waals surface area contributed by atoms with Gasteiger partial charge in [0.05, 0.1) is 35.1 Å². The molecule has 2 unspecified atom stereocenters. The van der Waals surface area contributed by atoms with Crippen molar-refractivity contribution >= 4 is 28.9 Å². The molecule has 0 saturated heterocycles. The Kier molecular flexibility index (Phi) is 8.94. The van der Waals surface area contributed by atoms with Gasteiger partial charge in [0.15, 0.2) is 0 Å². The normalized spacial score (nSPS) is 17.5. The number of nitrogens with two attached hydrogens (primary N) is 2. The SMILES string of the molecule is CC1CCCC(n2cnc(-c3cc(Cl)ccc3N(N)/C=C(\N)C(F)(F)F)cc2=O)c2ccnc(c2)-c2cc(F)ccc2NC1=O. The first-order valence-corrected chi connectivity index (χ1v) is 14.2. The number of amides is 1. The van der Waals surface area contributed by atoms with Crippen LogP contribution in [0.25, 0.3) is 22.5 Å². The quantitative estimate of drug-likeness (QED) is 0.138. The van der Waals surface area contributed by atoms with Crippen LogP contribution in [-0.2, 0) is 4.79 Å². The van der Waals surface area contributed by atoms with Gasteiger partial charge in [0.25, 0.3) is 5.56 Å². The van der Waals surface area contributed by atoms with Crippen LogP contribution in [0, 0.1) is 11.7 Å². The van der Waals surface area contributed by atoms with Crippen molar-refractivity contribution in [1.82, 2.24) is 14.5 Å². The van der Waals surface area contributed by atoms with Gasteiger partial charge in [-0.2, -0.15) is 13.2 Å². The maximum absolute atomic E-state index is 14.3. The first-order chi connectivity index (χ1) is 21.3. The molecular weight excluding hydrogens is 614 g/mol. The van der Waals surface area contributed by atoms with E-state index in [-0.39, 0.29) is 33.8 Å². The number of aromatic nitrogens is 3. The lowest BCUT2D eigenvalue weighted by atomic mass is 9.94. The number of carbonyl (C=O) groups excluding carboxylic acids is 1. The van der Waals surface area contributed by atoms with Gasteiger partial charge >= 0.3 is 6.18 Å². The molecule has 2 aromatic heterocycles. The summed E-state index contributed by atoms with van der Waals surface area (Å²) in [7, 11) is 0. The van der Waals surface area contributed by atoms with Crippen molar-refractivity contribution in [2.45, 2.75) is 38.4 Å². The minimum atomic E-state index is -4.80. The summed E-state index contributed by atoms with van der Waals surface area (Å²) in [6.07, 6.45) is 0.150. The number of benzene rings is 2. The fourth-order valence-electron chi connectivity index (χ4n) is 5.13. The predicted molar refractivity (Wildman–Crippen MR) is 163 cm³/mol. The lowest BCUT2D eigenvalue weighted by molar-refractivity contribution is -0.119.